The third-order valence-electron chi connectivity index (χ3n) is 4.15. The first-order valence-electron chi connectivity index (χ1n) is 9.12. The summed E-state index contributed by atoms with van der Waals surface area (Å²) in [5.74, 6) is 0.465. The van der Waals surface area contributed by atoms with Crippen LogP contribution >= 0.6 is 11.6 Å². The molecule has 0 atom stereocenters. The Morgan fingerprint density at radius 3 is 2.42 bits per heavy atom. The van der Waals surface area contributed by atoms with Gasteiger partial charge in [-0.25, -0.2) is 8.42 Å². The second-order valence-electron chi connectivity index (χ2n) is 6.35. The summed E-state index contributed by atoms with van der Waals surface area (Å²) in [4.78, 5) is 15.8. The third kappa shape index (κ3) is 6.34. The van der Waals surface area contributed by atoms with E-state index in [1.807, 2.05) is 0 Å². The molecule has 0 unspecified atom stereocenters. The number of amides is 1. The Kier molecular flexibility index (Phi) is 7.32. The van der Waals surface area contributed by atoms with Gasteiger partial charge in [-0.3, -0.25) is 14.5 Å². The van der Waals surface area contributed by atoms with Crippen LogP contribution in [-0.2, 0) is 21.4 Å². The Labute approximate surface area is 185 Å². The second kappa shape index (κ2) is 10.1. The van der Waals surface area contributed by atoms with E-state index in [-0.39, 0.29) is 28.2 Å². The van der Waals surface area contributed by atoms with Crippen LogP contribution in [0.1, 0.15) is 5.56 Å². The van der Waals surface area contributed by atoms with E-state index < -0.39 is 10.0 Å². The number of benzene rings is 2. The number of pyridine rings is 1. The van der Waals surface area contributed by atoms with Crippen LogP contribution in [0.15, 0.2) is 71.9 Å². The van der Waals surface area contributed by atoms with E-state index in [0.717, 1.165) is 5.56 Å². The Morgan fingerprint density at radius 1 is 1.06 bits per heavy atom. The van der Waals surface area contributed by atoms with Gasteiger partial charge in [0.05, 0.1) is 17.0 Å². The van der Waals surface area contributed by atoms with Gasteiger partial charge in [0.1, 0.15) is 11.5 Å². The Hall–Kier alpha value is -3.30. The summed E-state index contributed by atoms with van der Waals surface area (Å²) in [6.07, 6.45) is 3.27. The summed E-state index contributed by atoms with van der Waals surface area (Å²) < 4.78 is 38.1. The van der Waals surface area contributed by atoms with Crippen molar-refractivity contribution in [2.75, 3.05) is 18.4 Å². The number of rotatable bonds is 9. The smallest absolute Gasteiger partial charge is 0.261 e. The van der Waals surface area contributed by atoms with E-state index >= 15 is 0 Å². The highest BCUT2D eigenvalue weighted by molar-refractivity contribution is 7.92. The lowest BCUT2D eigenvalue weighted by Crippen LogP contribution is -2.28. The molecule has 1 heterocycles. The van der Waals surface area contributed by atoms with Crippen LogP contribution in [0.2, 0.25) is 5.02 Å². The number of hydrogen-bond acceptors (Lipinski definition) is 6. The van der Waals surface area contributed by atoms with Crippen LogP contribution < -0.4 is 19.5 Å². The molecule has 0 saturated carbocycles. The molecule has 0 fully saturated rings. The molecule has 0 aliphatic rings. The fraction of sp³-hybridized carbons (Fsp3) is 0.143. The zero-order chi connectivity index (χ0) is 22.3. The minimum absolute atomic E-state index is 0.0391. The maximum Gasteiger partial charge on any atom is 0.261 e. The Bertz CT molecular complexity index is 1140. The van der Waals surface area contributed by atoms with Crippen LogP contribution in [0, 0.1) is 0 Å². The van der Waals surface area contributed by atoms with Crippen molar-refractivity contribution in [2.24, 2.45) is 0 Å². The number of carbonyl (C=O) groups is 1. The van der Waals surface area contributed by atoms with Gasteiger partial charge < -0.3 is 14.8 Å². The van der Waals surface area contributed by atoms with E-state index in [4.69, 9.17) is 21.1 Å². The molecule has 31 heavy (non-hydrogen) atoms. The largest absolute Gasteiger partial charge is 0.497 e. The Morgan fingerprint density at radius 2 is 1.77 bits per heavy atom. The van der Waals surface area contributed by atoms with Gasteiger partial charge in [-0.1, -0.05) is 11.6 Å². The summed E-state index contributed by atoms with van der Waals surface area (Å²) in [5.41, 5.74) is 1.28. The highest BCUT2D eigenvalue weighted by atomic mass is 35.5. The maximum absolute atomic E-state index is 12.6. The lowest BCUT2D eigenvalue weighted by Gasteiger charge is -2.12. The fourth-order valence-corrected chi connectivity index (χ4v) is 3.92. The zero-order valence-electron chi connectivity index (χ0n) is 16.5. The molecule has 2 N–H and O–H groups in total. The Balaban J connectivity index is 1.58. The van der Waals surface area contributed by atoms with E-state index in [0.29, 0.717) is 18.0 Å². The minimum atomic E-state index is -3.86. The molecule has 0 aliphatic heterocycles. The van der Waals surface area contributed by atoms with Gasteiger partial charge in [-0.15, -0.1) is 0 Å². The van der Waals surface area contributed by atoms with E-state index in [1.54, 1.807) is 48.8 Å². The lowest BCUT2D eigenvalue weighted by atomic mass is 10.3. The molecule has 0 saturated heterocycles. The van der Waals surface area contributed by atoms with E-state index in [1.165, 1.54) is 25.3 Å². The van der Waals surface area contributed by atoms with Crippen molar-refractivity contribution < 1.29 is 22.7 Å². The molecule has 1 aromatic heterocycles. The van der Waals surface area contributed by atoms with Crippen LogP contribution in [-0.4, -0.2) is 33.0 Å². The average molecular weight is 462 g/mol. The summed E-state index contributed by atoms with van der Waals surface area (Å²) in [7, 11) is -2.33. The highest BCUT2D eigenvalue weighted by Gasteiger charge is 2.17. The first-order valence-corrected chi connectivity index (χ1v) is 11.0. The summed E-state index contributed by atoms with van der Waals surface area (Å²) in [6, 6.07) is 14.0. The van der Waals surface area contributed by atoms with Crippen molar-refractivity contribution in [3.63, 3.8) is 0 Å². The normalized spacial score (nSPS) is 10.9. The lowest BCUT2D eigenvalue weighted by molar-refractivity contribution is -0.123. The predicted octanol–water partition coefficient (Wildman–Crippen LogP) is 3.24. The summed E-state index contributed by atoms with van der Waals surface area (Å²) in [5, 5.41) is 2.78. The number of carbonyl (C=O) groups excluding carboxylic acids is 1. The summed E-state index contributed by atoms with van der Waals surface area (Å²) >= 11 is 6.16. The molecular formula is C21H20ClN3O5S. The van der Waals surface area contributed by atoms with Gasteiger partial charge in [0.25, 0.3) is 15.9 Å². The number of hydrogen-bond donors (Lipinski definition) is 2. The molecule has 0 radical (unpaired) electrons. The molecule has 0 aliphatic carbocycles. The number of sulfonamides is 1. The standard InChI is InChI=1S/C21H20ClN3O5S/c1-29-17-4-2-16(3-5-17)25-31(27,28)18-6-7-20(19(22)12-18)30-14-21(26)24-13-15-8-10-23-11-9-15/h2-12,25H,13-14H2,1H3,(H,24,26). The molecule has 1 amide bonds. The van der Waals surface area contributed by atoms with Crippen molar-refractivity contribution in [2.45, 2.75) is 11.4 Å². The average Bonchev–Trinajstić information content (AvgIpc) is 2.77. The van der Waals surface area contributed by atoms with Crippen molar-refractivity contribution in [3.05, 3.63) is 77.6 Å². The molecule has 0 spiro atoms. The van der Waals surface area contributed by atoms with Gasteiger partial charge in [-0.2, -0.15) is 0 Å². The van der Waals surface area contributed by atoms with Crippen molar-refractivity contribution in [1.29, 1.82) is 0 Å². The quantitative estimate of drug-likeness (QED) is 0.506. The van der Waals surface area contributed by atoms with Gasteiger partial charge in [-0.05, 0) is 60.2 Å². The maximum atomic E-state index is 12.6. The monoisotopic (exact) mass is 461 g/mol. The predicted molar refractivity (Wildman–Crippen MR) is 117 cm³/mol. The van der Waals surface area contributed by atoms with Crippen LogP contribution in [0.3, 0.4) is 0 Å². The van der Waals surface area contributed by atoms with Crippen molar-refractivity contribution in [1.82, 2.24) is 10.3 Å². The van der Waals surface area contributed by atoms with Gasteiger partial charge in [0, 0.05) is 24.6 Å². The number of ether oxygens (including phenoxy) is 2. The first kappa shape index (κ1) is 22.4. The number of nitrogens with zero attached hydrogens (tertiary/aromatic N) is 1. The third-order valence-corrected chi connectivity index (χ3v) is 5.83. The topological polar surface area (TPSA) is 107 Å². The number of nitrogens with one attached hydrogen (secondary N) is 2. The van der Waals surface area contributed by atoms with Gasteiger partial charge >= 0.3 is 0 Å². The SMILES string of the molecule is COc1ccc(NS(=O)(=O)c2ccc(OCC(=O)NCc3ccncc3)c(Cl)c2)cc1. The van der Waals surface area contributed by atoms with Crippen molar-refractivity contribution >= 4 is 33.2 Å². The molecule has 3 rings (SSSR count). The first-order chi connectivity index (χ1) is 14.9. The molecule has 162 valence electrons. The molecule has 3 aromatic rings. The molecule has 0 bridgehead atoms. The number of halogens is 1. The molecule has 10 heteroatoms. The summed E-state index contributed by atoms with van der Waals surface area (Å²) in [6.45, 7) is 0.0770. The number of anilines is 1. The minimum Gasteiger partial charge on any atom is -0.497 e. The number of methoxy groups -OCH3 is 1. The second-order valence-corrected chi connectivity index (χ2v) is 8.44. The van der Waals surface area contributed by atoms with Gasteiger partial charge in [0.15, 0.2) is 6.61 Å². The van der Waals surface area contributed by atoms with Crippen LogP contribution in [0.4, 0.5) is 5.69 Å². The van der Waals surface area contributed by atoms with E-state index in [9.17, 15) is 13.2 Å². The fourth-order valence-electron chi connectivity index (χ4n) is 2.53. The molecular weight excluding hydrogens is 442 g/mol. The van der Waals surface area contributed by atoms with Crippen LogP contribution in [0.5, 0.6) is 11.5 Å². The zero-order valence-corrected chi connectivity index (χ0v) is 18.1. The molecule has 2 aromatic carbocycles. The van der Waals surface area contributed by atoms with E-state index in [2.05, 4.69) is 15.0 Å². The number of aromatic nitrogens is 1. The van der Waals surface area contributed by atoms with Gasteiger partial charge in [0.2, 0.25) is 0 Å². The van der Waals surface area contributed by atoms with Crippen LogP contribution in [0.25, 0.3) is 0 Å². The highest BCUT2D eigenvalue weighted by Crippen LogP contribution is 2.28. The van der Waals surface area contributed by atoms with Crippen molar-refractivity contribution in [3.8, 4) is 11.5 Å². The molecule has 8 nitrogen and oxygen atoms in total.